The molecule has 2 amide bonds. The lowest BCUT2D eigenvalue weighted by atomic mass is 10.1. The van der Waals surface area contributed by atoms with Crippen LogP contribution in [0.25, 0.3) is 0 Å². The van der Waals surface area contributed by atoms with E-state index in [4.69, 9.17) is 0 Å². The first-order valence-corrected chi connectivity index (χ1v) is 8.98. The van der Waals surface area contributed by atoms with E-state index < -0.39 is 0 Å². The molecule has 0 radical (unpaired) electrons. The number of amides is 2. The highest BCUT2D eigenvalue weighted by Crippen LogP contribution is 2.43. The van der Waals surface area contributed by atoms with Crippen LogP contribution in [0.2, 0.25) is 0 Å². The molecule has 0 aromatic heterocycles. The second-order valence-electron chi connectivity index (χ2n) is 6.65. The Bertz CT molecular complexity index is 586. The number of hydrogen-bond donors (Lipinski definition) is 0. The molecular weight excluding hydrogens is 308 g/mol. The van der Waals surface area contributed by atoms with Crippen LogP contribution in [0.3, 0.4) is 0 Å². The Kier molecular flexibility index (Phi) is 5.74. The number of fused-ring (bicyclic) bond motifs is 1. The van der Waals surface area contributed by atoms with Crippen molar-refractivity contribution in [3.63, 3.8) is 0 Å². The zero-order chi connectivity index (χ0) is 17.0. The van der Waals surface area contributed by atoms with Crippen LogP contribution in [0, 0.1) is 0 Å². The number of para-hydroxylation sites is 1. The van der Waals surface area contributed by atoms with Crippen LogP contribution in [0.1, 0.15) is 40.0 Å². The highest BCUT2D eigenvalue weighted by Gasteiger charge is 2.34. The first-order chi connectivity index (χ1) is 10.8. The quantitative estimate of drug-likeness (QED) is 0.827. The van der Waals surface area contributed by atoms with Gasteiger partial charge in [0.25, 0.3) is 0 Å². The van der Waals surface area contributed by atoms with Crippen LogP contribution in [-0.4, -0.2) is 41.6 Å². The summed E-state index contributed by atoms with van der Waals surface area (Å²) >= 11 is 1.70. The number of carbonyl (C=O) groups is 2. The Balaban J connectivity index is 2.23. The van der Waals surface area contributed by atoms with E-state index in [-0.39, 0.29) is 23.1 Å². The van der Waals surface area contributed by atoms with Crippen molar-refractivity contribution in [2.75, 3.05) is 25.0 Å². The van der Waals surface area contributed by atoms with Crippen molar-refractivity contribution < 1.29 is 9.59 Å². The molecule has 1 heterocycles. The van der Waals surface area contributed by atoms with Crippen molar-refractivity contribution in [2.45, 2.75) is 49.7 Å². The van der Waals surface area contributed by atoms with E-state index in [1.165, 1.54) is 0 Å². The van der Waals surface area contributed by atoms with E-state index in [0.29, 0.717) is 6.42 Å². The first-order valence-electron chi connectivity index (χ1n) is 8.16. The number of benzene rings is 1. The summed E-state index contributed by atoms with van der Waals surface area (Å²) < 4.78 is -0.168. The molecule has 5 heteroatoms. The summed E-state index contributed by atoms with van der Waals surface area (Å²) in [5.41, 5.74) is 0.852. The molecule has 4 nitrogen and oxygen atoms in total. The fraction of sp³-hybridized carbons (Fsp3) is 0.556. The van der Waals surface area contributed by atoms with Gasteiger partial charge in [-0.15, -0.1) is 11.8 Å². The molecule has 0 saturated carbocycles. The van der Waals surface area contributed by atoms with Gasteiger partial charge >= 0.3 is 0 Å². The Labute approximate surface area is 143 Å². The van der Waals surface area contributed by atoms with Gasteiger partial charge in [0.05, 0.1) is 5.69 Å². The van der Waals surface area contributed by atoms with Gasteiger partial charge in [-0.05, 0) is 32.4 Å². The van der Waals surface area contributed by atoms with Crippen molar-refractivity contribution in [3.05, 3.63) is 24.3 Å². The Morgan fingerprint density at radius 3 is 2.74 bits per heavy atom. The van der Waals surface area contributed by atoms with E-state index in [0.717, 1.165) is 30.0 Å². The van der Waals surface area contributed by atoms with Gasteiger partial charge in [0.15, 0.2) is 0 Å². The summed E-state index contributed by atoms with van der Waals surface area (Å²) in [7, 11) is 1.81. The molecule has 0 spiro atoms. The molecule has 0 atom stereocenters. The lowest BCUT2D eigenvalue weighted by Crippen LogP contribution is -2.42. The summed E-state index contributed by atoms with van der Waals surface area (Å²) in [6, 6.07) is 7.86. The predicted octanol–water partition coefficient (Wildman–Crippen LogP) is 3.55. The minimum atomic E-state index is -0.168. The van der Waals surface area contributed by atoms with Crippen molar-refractivity contribution >= 4 is 29.3 Å². The van der Waals surface area contributed by atoms with Crippen LogP contribution >= 0.6 is 11.8 Å². The number of rotatable bonds is 5. The molecular formula is C18H26N2O2S. The first kappa shape index (κ1) is 17.9. The molecule has 1 aromatic carbocycles. The standard InChI is InChI=1S/C18H26N2O2S/c1-5-6-11-19(4)17(22)13-20-14-9-7-8-10-15(14)23-18(2,3)12-16(20)21/h7-10H,5-6,11-13H2,1-4H3. The average molecular weight is 334 g/mol. The second kappa shape index (κ2) is 7.39. The van der Waals surface area contributed by atoms with Crippen molar-refractivity contribution in [1.29, 1.82) is 0 Å². The number of carbonyl (C=O) groups excluding carboxylic acids is 2. The molecule has 0 aliphatic carbocycles. The smallest absolute Gasteiger partial charge is 0.242 e. The lowest BCUT2D eigenvalue weighted by Gasteiger charge is -2.25. The largest absolute Gasteiger partial charge is 0.344 e. The summed E-state index contributed by atoms with van der Waals surface area (Å²) in [6.45, 7) is 7.11. The normalized spacial score (nSPS) is 16.7. The van der Waals surface area contributed by atoms with Gasteiger partial charge in [0, 0.05) is 29.7 Å². The Hall–Kier alpha value is -1.49. The van der Waals surface area contributed by atoms with Gasteiger partial charge in [-0.3, -0.25) is 9.59 Å². The number of anilines is 1. The summed E-state index contributed by atoms with van der Waals surface area (Å²) in [4.78, 5) is 29.6. The molecule has 0 unspecified atom stereocenters. The van der Waals surface area contributed by atoms with Crippen LogP contribution in [-0.2, 0) is 9.59 Å². The summed E-state index contributed by atoms with van der Waals surface area (Å²) in [5, 5.41) is 0. The zero-order valence-electron chi connectivity index (χ0n) is 14.5. The molecule has 1 aliphatic rings. The van der Waals surface area contributed by atoms with E-state index in [2.05, 4.69) is 20.8 Å². The fourth-order valence-electron chi connectivity index (χ4n) is 2.64. The molecule has 0 saturated heterocycles. The number of hydrogen-bond acceptors (Lipinski definition) is 3. The van der Waals surface area contributed by atoms with E-state index >= 15 is 0 Å². The molecule has 2 rings (SSSR count). The molecule has 0 bridgehead atoms. The van der Waals surface area contributed by atoms with Crippen molar-refractivity contribution in [1.82, 2.24) is 4.90 Å². The lowest BCUT2D eigenvalue weighted by molar-refractivity contribution is -0.130. The van der Waals surface area contributed by atoms with E-state index in [9.17, 15) is 9.59 Å². The molecule has 0 fully saturated rings. The van der Waals surface area contributed by atoms with Crippen LogP contribution < -0.4 is 4.90 Å². The SMILES string of the molecule is CCCCN(C)C(=O)CN1C(=O)CC(C)(C)Sc2ccccc21. The average Bonchev–Trinajstić information content (AvgIpc) is 2.58. The maximum absolute atomic E-state index is 12.7. The van der Waals surface area contributed by atoms with Crippen LogP contribution in [0.4, 0.5) is 5.69 Å². The number of unbranched alkanes of at least 4 members (excludes halogenated alkanes) is 1. The third-order valence-corrected chi connectivity index (χ3v) is 5.25. The van der Waals surface area contributed by atoms with E-state index in [1.807, 2.05) is 31.3 Å². The van der Waals surface area contributed by atoms with Gasteiger partial charge in [-0.2, -0.15) is 0 Å². The number of nitrogens with zero attached hydrogens (tertiary/aromatic N) is 2. The third-order valence-electron chi connectivity index (χ3n) is 3.99. The van der Waals surface area contributed by atoms with Gasteiger partial charge < -0.3 is 9.80 Å². The summed E-state index contributed by atoms with van der Waals surface area (Å²) in [6.07, 6.45) is 2.46. The van der Waals surface area contributed by atoms with Crippen LogP contribution in [0.15, 0.2) is 29.2 Å². The topological polar surface area (TPSA) is 40.6 Å². The monoisotopic (exact) mass is 334 g/mol. The second-order valence-corrected chi connectivity index (χ2v) is 8.40. The highest BCUT2D eigenvalue weighted by atomic mass is 32.2. The van der Waals surface area contributed by atoms with Crippen molar-refractivity contribution in [3.8, 4) is 0 Å². The van der Waals surface area contributed by atoms with E-state index in [1.54, 1.807) is 21.6 Å². The fourth-order valence-corrected chi connectivity index (χ4v) is 3.86. The maximum Gasteiger partial charge on any atom is 0.242 e. The van der Waals surface area contributed by atoms with Crippen molar-refractivity contribution in [2.24, 2.45) is 0 Å². The molecule has 23 heavy (non-hydrogen) atoms. The van der Waals surface area contributed by atoms with Crippen LogP contribution in [0.5, 0.6) is 0 Å². The zero-order valence-corrected chi connectivity index (χ0v) is 15.3. The minimum absolute atomic E-state index is 0.00805. The number of likely N-dealkylation sites (N-methyl/N-ethyl adjacent to an activating group) is 1. The predicted molar refractivity (Wildman–Crippen MR) is 95.9 cm³/mol. The Morgan fingerprint density at radius 1 is 1.35 bits per heavy atom. The number of thioether (sulfide) groups is 1. The summed E-state index contributed by atoms with van der Waals surface area (Å²) in [5.74, 6) is 0.0102. The molecule has 1 aromatic rings. The Morgan fingerprint density at radius 2 is 2.04 bits per heavy atom. The molecule has 126 valence electrons. The van der Waals surface area contributed by atoms with Gasteiger partial charge in [0.2, 0.25) is 11.8 Å². The van der Waals surface area contributed by atoms with Gasteiger partial charge in [-0.25, -0.2) is 0 Å². The van der Waals surface area contributed by atoms with Gasteiger partial charge in [0.1, 0.15) is 6.54 Å². The minimum Gasteiger partial charge on any atom is -0.344 e. The molecule has 0 N–H and O–H groups in total. The molecule has 1 aliphatic heterocycles. The highest BCUT2D eigenvalue weighted by molar-refractivity contribution is 8.00. The maximum atomic E-state index is 12.7. The third kappa shape index (κ3) is 4.50. The van der Waals surface area contributed by atoms with Gasteiger partial charge in [-0.1, -0.05) is 25.5 Å².